The molecule has 2 aliphatic rings. The van der Waals surface area contributed by atoms with Crippen molar-refractivity contribution in [2.45, 2.75) is 11.0 Å². The topological polar surface area (TPSA) is 42.5 Å². The number of benzene rings is 1. The maximum Gasteiger partial charge on any atom is 0.202 e. The summed E-state index contributed by atoms with van der Waals surface area (Å²) in [7, 11) is 0. The Balaban J connectivity index is 1.89. The van der Waals surface area contributed by atoms with Gasteiger partial charge in [0.15, 0.2) is 0 Å². The quantitative estimate of drug-likeness (QED) is 0.839. The van der Waals surface area contributed by atoms with Crippen molar-refractivity contribution in [3.8, 4) is 0 Å². The molecule has 0 bridgehead atoms. The smallest absolute Gasteiger partial charge is 0.202 e. The minimum atomic E-state index is -0.503. The van der Waals surface area contributed by atoms with Gasteiger partial charge in [-0.3, -0.25) is 9.98 Å². The van der Waals surface area contributed by atoms with E-state index in [0.29, 0.717) is 0 Å². The van der Waals surface area contributed by atoms with Gasteiger partial charge in [-0.1, -0.05) is 18.2 Å². The molecular weight excluding hydrogens is 256 g/mol. The van der Waals surface area contributed by atoms with Crippen molar-refractivity contribution in [3.05, 3.63) is 42.6 Å². The monoisotopic (exact) mass is 268 g/mol. The zero-order chi connectivity index (χ0) is 12.7. The van der Waals surface area contributed by atoms with E-state index in [1.807, 2.05) is 41.4 Å². The zero-order valence-electron chi connectivity index (χ0n) is 10.2. The second-order valence-corrected chi connectivity index (χ2v) is 5.68. The van der Waals surface area contributed by atoms with Gasteiger partial charge in [0.05, 0.1) is 5.52 Å². The van der Waals surface area contributed by atoms with Crippen LogP contribution in [0.15, 0.2) is 52.6 Å². The maximum absolute atomic E-state index is 4.68. The van der Waals surface area contributed by atoms with Crippen LogP contribution in [0.5, 0.6) is 0 Å². The number of aromatic nitrogens is 2. The molecule has 5 heteroatoms. The van der Waals surface area contributed by atoms with E-state index in [4.69, 9.17) is 0 Å². The van der Waals surface area contributed by atoms with Gasteiger partial charge >= 0.3 is 0 Å². The number of nitrogens with zero attached hydrogens (tertiary/aromatic N) is 4. The van der Waals surface area contributed by atoms with Crippen molar-refractivity contribution in [2.24, 2.45) is 9.98 Å². The van der Waals surface area contributed by atoms with E-state index in [2.05, 4.69) is 33.4 Å². The lowest BCUT2D eigenvalue weighted by Crippen LogP contribution is -2.37. The molecule has 2 atom stereocenters. The number of fused-ring (bicyclic) bond motifs is 1. The lowest BCUT2D eigenvalue weighted by Gasteiger charge is -2.28. The Bertz CT molecular complexity index is 668. The van der Waals surface area contributed by atoms with E-state index in [0.717, 1.165) is 16.7 Å². The van der Waals surface area contributed by atoms with Gasteiger partial charge in [-0.15, -0.1) is 11.8 Å². The number of rotatable bonds is 2. The first-order chi connectivity index (χ1) is 9.38. The summed E-state index contributed by atoms with van der Waals surface area (Å²) in [6, 6.07) is 8.12. The molecule has 94 valence electrons. The molecule has 4 rings (SSSR count). The normalized spacial score (nSPS) is 28.7. The first-order valence-corrected chi connectivity index (χ1v) is 7.25. The summed E-state index contributed by atoms with van der Waals surface area (Å²) in [6.07, 6.45) is 9.90. The molecule has 0 aliphatic carbocycles. The van der Waals surface area contributed by atoms with E-state index in [1.165, 1.54) is 0 Å². The van der Waals surface area contributed by atoms with Crippen LogP contribution in [0.2, 0.25) is 0 Å². The highest BCUT2D eigenvalue weighted by atomic mass is 32.2. The number of allylic oxidation sites excluding steroid dienone is 1. The summed E-state index contributed by atoms with van der Waals surface area (Å²) in [4.78, 5) is 9.19. The van der Waals surface area contributed by atoms with Crippen LogP contribution >= 0.6 is 11.8 Å². The molecule has 2 unspecified atom stereocenters. The minimum Gasteiger partial charge on any atom is -0.277 e. The van der Waals surface area contributed by atoms with E-state index in [9.17, 15) is 0 Å². The van der Waals surface area contributed by atoms with Crippen molar-refractivity contribution in [3.63, 3.8) is 0 Å². The molecule has 0 N–H and O–H groups in total. The van der Waals surface area contributed by atoms with Gasteiger partial charge in [-0.25, -0.2) is 4.68 Å². The third-order valence-electron chi connectivity index (χ3n) is 3.42. The Morgan fingerprint density at radius 1 is 1.32 bits per heavy atom. The minimum absolute atomic E-state index is 0.0665. The Hall–Kier alpha value is -1.88. The van der Waals surface area contributed by atoms with Crippen molar-refractivity contribution >= 4 is 35.1 Å². The van der Waals surface area contributed by atoms with Gasteiger partial charge in [0.25, 0.3) is 0 Å². The summed E-state index contributed by atoms with van der Waals surface area (Å²) < 4.78 is 1.94. The Kier molecular flexibility index (Phi) is 2.35. The molecule has 0 amide bonds. The second kappa shape index (κ2) is 4.06. The fourth-order valence-corrected chi connectivity index (χ4v) is 3.50. The zero-order valence-corrected chi connectivity index (χ0v) is 11.0. The number of hydrogen-bond donors (Lipinski definition) is 0. The molecule has 2 aromatic rings. The maximum atomic E-state index is 4.68. The molecule has 0 radical (unpaired) electrons. The van der Waals surface area contributed by atoms with Crippen LogP contribution in [0.1, 0.15) is 0 Å². The number of aliphatic imine (C=N–C) groups is 2. The third kappa shape index (κ3) is 1.58. The van der Waals surface area contributed by atoms with Crippen molar-refractivity contribution in [2.75, 3.05) is 5.75 Å². The second-order valence-electron chi connectivity index (χ2n) is 4.57. The van der Waals surface area contributed by atoms with Crippen LogP contribution in [-0.4, -0.2) is 33.3 Å². The average molecular weight is 268 g/mol. The molecule has 19 heavy (non-hydrogen) atoms. The van der Waals surface area contributed by atoms with Gasteiger partial charge in [0.2, 0.25) is 5.66 Å². The first kappa shape index (κ1) is 11.0. The average Bonchev–Trinajstić information content (AvgIpc) is 3.18. The van der Waals surface area contributed by atoms with Crippen molar-refractivity contribution in [1.29, 1.82) is 0 Å². The van der Waals surface area contributed by atoms with Crippen LogP contribution in [-0.2, 0) is 5.66 Å². The summed E-state index contributed by atoms with van der Waals surface area (Å²) in [6.45, 7) is 0. The molecule has 1 aromatic heterocycles. The molecular formula is C14H12N4S. The van der Waals surface area contributed by atoms with E-state index >= 15 is 0 Å². The fourth-order valence-electron chi connectivity index (χ4n) is 2.48. The summed E-state index contributed by atoms with van der Waals surface area (Å²) in [5.41, 5.74) is 0.487. The highest BCUT2D eigenvalue weighted by molar-refractivity contribution is 8.00. The molecule has 1 aromatic carbocycles. The van der Waals surface area contributed by atoms with Crippen LogP contribution in [0, 0.1) is 0 Å². The van der Waals surface area contributed by atoms with Crippen LogP contribution in [0.25, 0.3) is 10.9 Å². The van der Waals surface area contributed by atoms with Crippen LogP contribution < -0.4 is 0 Å². The Morgan fingerprint density at radius 2 is 2.26 bits per heavy atom. The molecule has 2 aliphatic heterocycles. The van der Waals surface area contributed by atoms with E-state index in [-0.39, 0.29) is 5.37 Å². The number of hydrogen-bond acceptors (Lipinski definition) is 4. The van der Waals surface area contributed by atoms with Gasteiger partial charge < -0.3 is 0 Å². The Labute approximate surface area is 114 Å². The van der Waals surface area contributed by atoms with E-state index < -0.39 is 5.66 Å². The molecule has 0 saturated carbocycles. The van der Waals surface area contributed by atoms with Crippen LogP contribution in [0.4, 0.5) is 0 Å². The molecule has 0 spiro atoms. The summed E-state index contributed by atoms with van der Waals surface area (Å²) in [5.74, 6) is 0.941. The predicted octanol–water partition coefficient (Wildman–Crippen LogP) is 2.47. The largest absolute Gasteiger partial charge is 0.277 e. The van der Waals surface area contributed by atoms with Crippen LogP contribution in [0.3, 0.4) is 0 Å². The molecule has 0 fully saturated rings. The highest BCUT2D eigenvalue weighted by Crippen LogP contribution is 2.38. The molecule has 4 nitrogen and oxygen atoms in total. The third-order valence-corrected chi connectivity index (χ3v) is 4.55. The predicted molar refractivity (Wildman–Crippen MR) is 80.1 cm³/mol. The lowest BCUT2D eigenvalue weighted by molar-refractivity contribution is 0.352. The van der Waals surface area contributed by atoms with Gasteiger partial charge in [0, 0.05) is 29.8 Å². The summed E-state index contributed by atoms with van der Waals surface area (Å²) >= 11 is 1.80. The Morgan fingerprint density at radius 3 is 3.00 bits per heavy atom. The fraction of sp³-hybridized carbons (Fsp3) is 0.214. The van der Waals surface area contributed by atoms with Crippen molar-refractivity contribution < 1.29 is 0 Å². The lowest BCUT2D eigenvalue weighted by atomic mass is 10.2. The first-order valence-electron chi connectivity index (χ1n) is 6.20. The standard InChI is InChI=1S/C14H12N4S/c1-2-5-12-11(4-1)10-18(17-12)14(6-3-7-16-14)13-15-8-9-19-13/h1-8,10,13H,9H2. The van der Waals surface area contributed by atoms with Gasteiger partial charge in [0.1, 0.15) is 5.37 Å². The molecule has 0 saturated heterocycles. The van der Waals surface area contributed by atoms with Crippen molar-refractivity contribution in [1.82, 2.24) is 9.78 Å². The molecule has 3 heterocycles. The summed E-state index contributed by atoms with van der Waals surface area (Å²) in [5, 5.41) is 5.87. The number of thioether (sulfide) groups is 1. The van der Waals surface area contributed by atoms with Gasteiger partial charge in [-0.05, 0) is 18.2 Å². The van der Waals surface area contributed by atoms with E-state index in [1.54, 1.807) is 11.8 Å². The SMILES string of the molecule is C1=CC(C2N=CCS2)(n2cc3ccccc3n2)N=C1. The highest BCUT2D eigenvalue weighted by Gasteiger charge is 2.41. The van der Waals surface area contributed by atoms with Gasteiger partial charge in [-0.2, -0.15) is 5.10 Å².